The second kappa shape index (κ2) is 5.77. The molecule has 0 aliphatic carbocycles. The van der Waals surface area contributed by atoms with Crippen LogP contribution in [0.1, 0.15) is 19.7 Å². The Morgan fingerprint density at radius 1 is 1.44 bits per heavy atom. The van der Waals surface area contributed by atoms with Crippen molar-refractivity contribution in [3.8, 4) is 5.69 Å². The van der Waals surface area contributed by atoms with Crippen molar-refractivity contribution in [3.63, 3.8) is 0 Å². The number of hydrogen-bond donors (Lipinski definition) is 1. The van der Waals surface area contributed by atoms with Gasteiger partial charge in [-0.1, -0.05) is 25.4 Å². The van der Waals surface area contributed by atoms with Gasteiger partial charge in [0.15, 0.2) is 5.82 Å². The van der Waals surface area contributed by atoms with Crippen LogP contribution < -0.4 is 5.32 Å². The quantitative estimate of drug-likeness (QED) is 0.936. The van der Waals surface area contributed by atoms with E-state index in [0.717, 1.165) is 16.0 Å². The summed E-state index contributed by atoms with van der Waals surface area (Å²) in [5, 5.41) is 15.6. The van der Waals surface area contributed by atoms with E-state index in [0.29, 0.717) is 17.6 Å². The molecule has 0 radical (unpaired) electrons. The lowest BCUT2D eigenvalue weighted by Gasteiger charge is -2.09. The Kier molecular flexibility index (Phi) is 4.31. The molecule has 18 heavy (non-hydrogen) atoms. The first-order valence-electron chi connectivity index (χ1n) is 5.54. The van der Waals surface area contributed by atoms with Crippen LogP contribution in [0.15, 0.2) is 22.7 Å². The SMILES string of the molecule is CC(C)NCc1nnnn1-c1cc(Cl)ccc1Br. The largest absolute Gasteiger partial charge is 0.308 e. The van der Waals surface area contributed by atoms with E-state index >= 15 is 0 Å². The van der Waals surface area contributed by atoms with E-state index in [2.05, 4.69) is 50.6 Å². The van der Waals surface area contributed by atoms with E-state index in [1.54, 1.807) is 4.68 Å². The van der Waals surface area contributed by atoms with Gasteiger partial charge in [-0.15, -0.1) is 5.10 Å². The summed E-state index contributed by atoms with van der Waals surface area (Å²) in [4.78, 5) is 0. The van der Waals surface area contributed by atoms with Crippen LogP contribution in [-0.2, 0) is 6.54 Å². The number of halogens is 2. The Bertz CT molecular complexity index is 540. The molecule has 0 saturated heterocycles. The van der Waals surface area contributed by atoms with E-state index in [1.165, 1.54) is 0 Å². The molecular formula is C11H13BrClN5. The van der Waals surface area contributed by atoms with E-state index < -0.39 is 0 Å². The van der Waals surface area contributed by atoms with Crippen LogP contribution in [-0.4, -0.2) is 26.2 Å². The van der Waals surface area contributed by atoms with Crippen molar-refractivity contribution in [3.05, 3.63) is 33.5 Å². The summed E-state index contributed by atoms with van der Waals surface area (Å²) in [7, 11) is 0. The van der Waals surface area contributed by atoms with Crippen LogP contribution in [0.2, 0.25) is 5.02 Å². The van der Waals surface area contributed by atoms with Crippen molar-refractivity contribution < 1.29 is 0 Å². The monoisotopic (exact) mass is 329 g/mol. The standard InChI is InChI=1S/C11H13BrClN5/c1-7(2)14-6-11-15-16-17-18(11)10-5-8(13)3-4-9(10)12/h3-5,7,14H,6H2,1-2H3. The van der Waals surface area contributed by atoms with Crippen LogP contribution >= 0.6 is 27.5 Å². The Labute approximate surface area is 119 Å². The molecule has 0 fully saturated rings. The van der Waals surface area contributed by atoms with E-state index in [9.17, 15) is 0 Å². The first kappa shape index (κ1) is 13.5. The third kappa shape index (κ3) is 3.07. The Hall–Kier alpha value is -0.980. The Morgan fingerprint density at radius 2 is 2.22 bits per heavy atom. The van der Waals surface area contributed by atoms with Crippen molar-refractivity contribution in [2.24, 2.45) is 0 Å². The van der Waals surface area contributed by atoms with Crippen LogP contribution in [0.4, 0.5) is 0 Å². The molecule has 1 heterocycles. The minimum absolute atomic E-state index is 0.373. The molecule has 0 aliphatic rings. The highest BCUT2D eigenvalue weighted by Gasteiger charge is 2.11. The van der Waals surface area contributed by atoms with Crippen molar-refractivity contribution in [1.82, 2.24) is 25.5 Å². The Morgan fingerprint density at radius 3 is 2.94 bits per heavy atom. The molecule has 1 aromatic heterocycles. The smallest absolute Gasteiger partial charge is 0.170 e. The number of rotatable bonds is 4. The first-order chi connectivity index (χ1) is 8.58. The van der Waals surface area contributed by atoms with E-state index in [1.807, 2.05) is 18.2 Å². The van der Waals surface area contributed by atoms with Gasteiger partial charge in [-0.05, 0) is 44.6 Å². The van der Waals surface area contributed by atoms with Crippen molar-refractivity contribution in [1.29, 1.82) is 0 Å². The summed E-state index contributed by atoms with van der Waals surface area (Å²) >= 11 is 9.47. The van der Waals surface area contributed by atoms with Gasteiger partial charge in [-0.3, -0.25) is 0 Å². The van der Waals surface area contributed by atoms with Crippen LogP contribution in [0.3, 0.4) is 0 Å². The summed E-state index contributed by atoms with van der Waals surface area (Å²) in [5.74, 6) is 0.742. The predicted molar refractivity (Wildman–Crippen MR) is 73.8 cm³/mol. The molecule has 96 valence electrons. The summed E-state index contributed by atoms with van der Waals surface area (Å²) in [6, 6.07) is 5.88. The molecule has 0 aliphatic heterocycles. The van der Waals surface area contributed by atoms with Gasteiger partial charge in [-0.2, -0.15) is 4.68 Å². The highest BCUT2D eigenvalue weighted by Crippen LogP contribution is 2.24. The average molecular weight is 331 g/mol. The van der Waals surface area contributed by atoms with Crippen LogP contribution in [0.25, 0.3) is 5.69 Å². The maximum Gasteiger partial charge on any atom is 0.170 e. The lowest BCUT2D eigenvalue weighted by Crippen LogP contribution is -2.24. The van der Waals surface area contributed by atoms with Gasteiger partial charge in [0, 0.05) is 15.5 Å². The van der Waals surface area contributed by atoms with Crippen molar-refractivity contribution in [2.75, 3.05) is 0 Å². The van der Waals surface area contributed by atoms with Gasteiger partial charge in [-0.25, -0.2) is 0 Å². The normalized spacial score (nSPS) is 11.2. The molecule has 0 saturated carbocycles. The summed E-state index contributed by atoms with van der Waals surface area (Å²) in [6.07, 6.45) is 0. The zero-order chi connectivity index (χ0) is 13.1. The predicted octanol–water partition coefficient (Wildman–Crippen LogP) is 2.58. The fraction of sp³-hybridized carbons (Fsp3) is 0.364. The zero-order valence-corrected chi connectivity index (χ0v) is 12.4. The fourth-order valence-corrected chi connectivity index (χ4v) is 2.03. The number of nitrogens with zero attached hydrogens (tertiary/aromatic N) is 4. The molecule has 1 aromatic carbocycles. The van der Waals surface area contributed by atoms with Gasteiger partial charge in [0.05, 0.1) is 12.2 Å². The number of tetrazole rings is 1. The lowest BCUT2D eigenvalue weighted by atomic mass is 10.3. The topological polar surface area (TPSA) is 55.6 Å². The maximum atomic E-state index is 6.00. The van der Waals surface area contributed by atoms with Crippen LogP contribution in [0.5, 0.6) is 0 Å². The van der Waals surface area contributed by atoms with Gasteiger partial charge in [0.25, 0.3) is 0 Å². The zero-order valence-electron chi connectivity index (χ0n) is 10.1. The summed E-state index contributed by atoms with van der Waals surface area (Å²) in [5.41, 5.74) is 0.827. The summed E-state index contributed by atoms with van der Waals surface area (Å²) in [6.45, 7) is 4.75. The molecule has 1 N–H and O–H groups in total. The summed E-state index contributed by atoms with van der Waals surface area (Å²) < 4.78 is 2.57. The molecule has 2 rings (SSSR count). The fourth-order valence-electron chi connectivity index (χ4n) is 1.45. The third-order valence-corrected chi connectivity index (χ3v) is 3.24. The second-order valence-corrected chi connectivity index (χ2v) is 5.43. The second-order valence-electron chi connectivity index (χ2n) is 4.14. The Balaban J connectivity index is 2.33. The van der Waals surface area contributed by atoms with Gasteiger partial charge in [0.1, 0.15) is 0 Å². The maximum absolute atomic E-state index is 6.00. The first-order valence-corrected chi connectivity index (χ1v) is 6.71. The van der Waals surface area contributed by atoms with E-state index in [-0.39, 0.29) is 0 Å². The van der Waals surface area contributed by atoms with E-state index in [4.69, 9.17) is 11.6 Å². The molecule has 0 bridgehead atoms. The van der Waals surface area contributed by atoms with Gasteiger partial charge in [0.2, 0.25) is 0 Å². The highest BCUT2D eigenvalue weighted by molar-refractivity contribution is 9.10. The molecule has 0 spiro atoms. The van der Waals surface area contributed by atoms with Gasteiger partial charge >= 0.3 is 0 Å². The molecule has 0 unspecified atom stereocenters. The molecule has 0 atom stereocenters. The van der Waals surface area contributed by atoms with Crippen molar-refractivity contribution in [2.45, 2.75) is 26.4 Å². The molecule has 5 nitrogen and oxygen atoms in total. The molecule has 0 amide bonds. The number of nitrogens with one attached hydrogen (secondary N) is 1. The van der Waals surface area contributed by atoms with Crippen molar-refractivity contribution >= 4 is 27.5 Å². The molecule has 2 aromatic rings. The number of hydrogen-bond acceptors (Lipinski definition) is 4. The molecule has 7 heteroatoms. The minimum Gasteiger partial charge on any atom is -0.308 e. The lowest BCUT2D eigenvalue weighted by molar-refractivity contribution is 0.563. The number of aromatic nitrogens is 4. The number of benzene rings is 1. The van der Waals surface area contributed by atoms with Gasteiger partial charge < -0.3 is 5.32 Å². The minimum atomic E-state index is 0.373. The average Bonchev–Trinajstić information content (AvgIpc) is 2.77. The van der Waals surface area contributed by atoms with Crippen LogP contribution in [0, 0.1) is 0 Å². The highest BCUT2D eigenvalue weighted by atomic mass is 79.9. The molecular weight excluding hydrogens is 318 g/mol. The third-order valence-electron chi connectivity index (χ3n) is 2.34.